The van der Waals surface area contributed by atoms with Crippen molar-refractivity contribution in [2.75, 3.05) is 0 Å². The van der Waals surface area contributed by atoms with Crippen molar-refractivity contribution in [3.63, 3.8) is 0 Å². The molecule has 0 heterocycles. The Balaban J connectivity index is 2.19. The van der Waals surface area contributed by atoms with E-state index in [0.29, 0.717) is 4.90 Å². The lowest BCUT2D eigenvalue weighted by molar-refractivity contribution is -0.137. The molecule has 0 spiro atoms. The van der Waals surface area contributed by atoms with Crippen molar-refractivity contribution < 1.29 is 22.2 Å². The van der Waals surface area contributed by atoms with Gasteiger partial charge in [-0.2, -0.15) is 13.2 Å². The molecule has 0 aliphatic heterocycles. The van der Waals surface area contributed by atoms with Gasteiger partial charge < -0.3 is 0 Å². The van der Waals surface area contributed by atoms with E-state index in [4.69, 9.17) is 0 Å². The average Bonchev–Trinajstić information content (AvgIpc) is 2.47. The highest BCUT2D eigenvalue weighted by atomic mass is 32.2. The predicted molar refractivity (Wildman–Crippen MR) is 78.9 cm³/mol. The minimum absolute atomic E-state index is 0.0275. The molecule has 2 rings (SSSR count). The fraction of sp³-hybridized carbons (Fsp3) is 0.0667. The van der Waals surface area contributed by atoms with Gasteiger partial charge in [0, 0.05) is 10.5 Å². The van der Waals surface area contributed by atoms with Gasteiger partial charge in [-0.1, -0.05) is 18.2 Å². The van der Waals surface area contributed by atoms with E-state index in [1.165, 1.54) is 0 Å². The average molecular weight is 327 g/mol. The van der Waals surface area contributed by atoms with E-state index in [9.17, 15) is 22.2 Å². The SMILES string of the molecule is C=S(=O)(NC(=O)c1ccc(C(F)(F)F)cc1)c1ccccc1. The summed E-state index contributed by atoms with van der Waals surface area (Å²) in [6.45, 7) is 0. The van der Waals surface area contributed by atoms with E-state index in [-0.39, 0.29) is 5.56 Å². The number of nitrogens with one attached hydrogen (secondary N) is 1. The van der Waals surface area contributed by atoms with E-state index in [1.807, 2.05) is 0 Å². The second kappa shape index (κ2) is 5.84. The maximum atomic E-state index is 12.5. The Bertz CT molecular complexity index is 767. The van der Waals surface area contributed by atoms with Crippen LogP contribution < -0.4 is 4.72 Å². The zero-order valence-electron chi connectivity index (χ0n) is 11.3. The van der Waals surface area contributed by atoms with Crippen LogP contribution in [0.2, 0.25) is 0 Å². The molecule has 7 heteroatoms. The zero-order chi connectivity index (χ0) is 16.4. The third-order valence-electron chi connectivity index (χ3n) is 2.86. The van der Waals surface area contributed by atoms with Crippen LogP contribution in [-0.2, 0) is 15.9 Å². The Morgan fingerprint density at radius 1 is 1.00 bits per heavy atom. The van der Waals surface area contributed by atoms with Crippen LogP contribution >= 0.6 is 0 Å². The van der Waals surface area contributed by atoms with Gasteiger partial charge in [-0.25, -0.2) is 4.21 Å². The Labute approximate surface area is 125 Å². The van der Waals surface area contributed by atoms with Crippen molar-refractivity contribution in [2.45, 2.75) is 11.1 Å². The number of halogens is 3. The Morgan fingerprint density at radius 2 is 1.55 bits per heavy atom. The molecule has 0 saturated carbocycles. The maximum absolute atomic E-state index is 12.5. The van der Waals surface area contributed by atoms with E-state index in [1.54, 1.807) is 30.3 Å². The monoisotopic (exact) mass is 327 g/mol. The van der Waals surface area contributed by atoms with Gasteiger partial charge in [0.25, 0.3) is 5.91 Å². The molecule has 1 unspecified atom stereocenters. The molecular weight excluding hydrogens is 315 g/mol. The van der Waals surface area contributed by atoms with Crippen LogP contribution in [0.5, 0.6) is 0 Å². The third-order valence-corrected chi connectivity index (χ3v) is 4.40. The van der Waals surface area contributed by atoms with Crippen molar-refractivity contribution in [1.82, 2.24) is 4.72 Å². The Kier molecular flexibility index (Phi) is 4.27. The fourth-order valence-corrected chi connectivity index (χ4v) is 2.85. The highest BCUT2D eigenvalue weighted by molar-refractivity contribution is 7.99. The molecule has 1 N–H and O–H groups in total. The summed E-state index contributed by atoms with van der Waals surface area (Å²) < 4.78 is 52.0. The predicted octanol–water partition coefficient (Wildman–Crippen LogP) is 3.13. The molecule has 0 bridgehead atoms. The zero-order valence-corrected chi connectivity index (χ0v) is 12.1. The molecule has 116 valence electrons. The molecule has 0 aromatic heterocycles. The number of amides is 1. The fourth-order valence-electron chi connectivity index (χ4n) is 1.72. The first-order valence-corrected chi connectivity index (χ1v) is 7.84. The minimum atomic E-state index is -4.47. The van der Waals surface area contributed by atoms with Crippen LogP contribution in [0.15, 0.2) is 59.5 Å². The molecular formula is C15H12F3NO2S. The maximum Gasteiger partial charge on any atom is 0.416 e. The van der Waals surface area contributed by atoms with Crippen LogP contribution in [-0.4, -0.2) is 16.0 Å². The number of carbonyl (C=O) groups excluding carboxylic acids is 1. The molecule has 2 aromatic rings. The van der Waals surface area contributed by atoms with Crippen LogP contribution in [0, 0.1) is 0 Å². The summed E-state index contributed by atoms with van der Waals surface area (Å²) in [7, 11) is -3.07. The van der Waals surface area contributed by atoms with Gasteiger partial charge in [0.2, 0.25) is 0 Å². The number of hydrogen-bond donors (Lipinski definition) is 1. The molecule has 0 aliphatic carbocycles. The van der Waals surface area contributed by atoms with Gasteiger partial charge in [0.15, 0.2) is 0 Å². The second-order valence-electron chi connectivity index (χ2n) is 4.49. The summed E-state index contributed by atoms with van der Waals surface area (Å²) in [6, 6.07) is 11.7. The molecule has 0 fully saturated rings. The van der Waals surface area contributed by atoms with Gasteiger partial charge in [-0.05, 0) is 42.3 Å². The normalized spacial score (nSPS) is 14.1. The molecule has 0 radical (unpaired) electrons. The highest BCUT2D eigenvalue weighted by Gasteiger charge is 2.30. The van der Waals surface area contributed by atoms with Crippen molar-refractivity contribution in [3.05, 3.63) is 65.7 Å². The van der Waals surface area contributed by atoms with Gasteiger partial charge in [-0.3, -0.25) is 9.52 Å². The molecule has 0 saturated heterocycles. The van der Waals surface area contributed by atoms with Crippen LogP contribution in [0.25, 0.3) is 0 Å². The summed E-state index contributed by atoms with van der Waals surface area (Å²) in [5.41, 5.74) is -0.886. The highest BCUT2D eigenvalue weighted by Crippen LogP contribution is 2.29. The summed E-state index contributed by atoms with van der Waals surface area (Å²) in [5.74, 6) is 2.73. The largest absolute Gasteiger partial charge is 0.416 e. The quantitative estimate of drug-likeness (QED) is 0.881. The topological polar surface area (TPSA) is 46.2 Å². The van der Waals surface area contributed by atoms with E-state index < -0.39 is 27.4 Å². The van der Waals surface area contributed by atoms with Crippen molar-refractivity contribution in [1.29, 1.82) is 0 Å². The number of alkyl halides is 3. The summed E-state index contributed by atoms with van der Waals surface area (Å²) in [4.78, 5) is 12.3. The first kappa shape index (κ1) is 16.1. The molecule has 22 heavy (non-hydrogen) atoms. The molecule has 3 nitrogen and oxygen atoms in total. The minimum Gasteiger partial charge on any atom is -0.275 e. The Morgan fingerprint density at radius 3 is 2.05 bits per heavy atom. The van der Waals surface area contributed by atoms with Gasteiger partial charge in [-0.15, -0.1) is 0 Å². The second-order valence-corrected chi connectivity index (χ2v) is 6.52. The first-order chi connectivity index (χ1) is 10.2. The number of benzene rings is 2. The van der Waals surface area contributed by atoms with E-state index >= 15 is 0 Å². The standard InChI is InChI=1S/C15H12F3NO2S/c1-22(21,13-5-3-2-4-6-13)19-14(20)11-7-9-12(10-8-11)15(16,17)18/h2-10H,1H2,(H,19,20,21). The van der Waals surface area contributed by atoms with Crippen molar-refractivity contribution >= 4 is 21.5 Å². The van der Waals surface area contributed by atoms with Gasteiger partial charge in [0.1, 0.15) is 0 Å². The van der Waals surface area contributed by atoms with Crippen LogP contribution in [0.4, 0.5) is 13.2 Å². The number of carbonyl (C=O) groups is 1. The molecule has 0 aliphatic rings. The lowest BCUT2D eigenvalue weighted by Crippen LogP contribution is -2.30. The van der Waals surface area contributed by atoms with E-state index in [0.717, 1.165) is 24.3 Å². The smallest absolute Gasteiger partial charge is 0.275 e. The molecule has 1 atom stereocenters. The number of rotatable bonds is 3. The van der Waals surface area contributed by atoms with Gasteiger partial charge in [0.05, 0.1) is 15.3 Å². The Hall–Kier alpha value is -2.28. The summed E-state index contributed by atoms with van der Waals surface area (Å²) in [6.07, 6.45) is -4.47. The molecule has 1 amide bonds. The molecule has 2 aromatic carbocycles. The lowest BCUT2D eigenvalue weighted by atomic mass is 10.1. The van der Waals surface area contributed by atoms with E-state index in [2.05, 4.69) is 10.6 Å². The van der Waals surface area contributed by atoms with Crippen molar-refractivity contribution in [3.8, 4) is 0 Å². The first-order valence-electron chi connectivity index (χ1n) is 6.12. The van der Waals surface area contributed by atoms with Crippen LogP contribution in [0.1, 0.15) is 15.9 Å². The summed E-state index contributed by atoms with van der Waals surface area (Å²) >= 11 is 0. The van der Waals surface area contributed by atoms with Gasteiger partial charge >= 0.3 is 6.18 Å². The van der Waals surface area contributed by atoms with Crippen LogP contribution in [0.3, 0.4) is 0 Å². The number of hydrogen-bond acceptors (Lipinski definition) is 2. The third kappa shape index (κ3) is 3.67. The summed E-state index contributed by atoms with van der Waals surface area (Å²) in [5, 5.41) is 0. The van der Waals surface area contributed by atoms with Crippen molar-refractivity contribution in [2.24, 2.45) is 0 Å². The lowest BCUT2D eigenvalue weighted by Gasteiger charge is -2.12.